The molecule has 7 nitrogen and oxygen atoms in total. The summed E-state index contributed by atoms with van der Waals surface area (Å²) in [5.41, 5.74) is 1.22. The first-order valence-corrected chi connectivity index (χ1v) is 11.0. The molecule has 0 atom stereocenters. The Balaban J connectivity index is 2.06. The van der Waals surface area contributed by atoms with E-state index in [4.69, 9.17) is 0 Å². The molecule has 3 rings (SSSR count). The van der Waals surface area contributed by atoms with Crippen LogP contribution in [0.2, 0.25) is 0 Å². The zero-order valence-corrected chi connectivity index (χ0v) is 17.3. The van der Waals surface area contributed by atoms with Crippen LogP contribution in [0.1, 0.15) is 11.4 Å². The second kappa shape index (κ2) is 8.17. The summed E-state index contributed by atoms with van der Waals surface area (Å²) in [6, 6.07) is 14.3. The van der Waals surface area contributed by atoms with Crippen molar-refractivity contribution in [3.8, 4) is 17.1 Å². The number of benzene rings is 2. The fraction of sp³-hybridized carbons (Fsp3) is 0.158. The van der Waals surface area contributed by atoms with Crippen LogP contribution < -0.4 is 0 Å². The molecule has 2 aromatic carbocycles. The maximum absolute atomic E-state index is 12.7. The van der Waals surface area contributed by atoms with Gasteiger partial charge >= 0.3 is 10.2 Å². The number of phenols is 1. The second-order valence-corrected chi connectivity index (χ2v) is 8.90. The van der Waals surface area contributed by atoms with E-state index in [1.807, 2.05) is 30.5 Å². The van der Waals surface area contributed by atoms with Crippen LogP contribution in [-0.2, 0) is 10.2 Å². The molecular formula is C19H20N4O3S2. The number of nitrogens with zero attached hydrogens (tertiary/aromatic N) is 4. The van der Waals surface area contributed by atoms with E-state index in [9.17, 15) is 13.5 Å². The Kier molecular flexibility index (Phi) is 5.87. The van der Waals surface area contributed by atoms with Gasteiger partial charge in [-0.25, -0.2) is 4.98 Å². The average molecular weight is 417 g/mol. The van der Waals surface area contributed by atoms with Crippen LogP contribution in [0.3, 0.4) is 0 Å². The number of aromatic hydroxyl groups is 1. The van der Waals surface area contributed by atoms with Gasteiger partial charge in [-0.05, 0) is 42.2 Å². The van der Waals surface area contributed by atoms with Gasteiger partial charge in [-0.15, -0.1) is 20.9 Å². The molecular weight excluding hydrogens is 396 g/mol. The summed E-state index contributed by atoms with van der Waals surface area (Å²) in [5.74, 6) is 0.190. The Labute approximate surface area is 168 Å². The van der Waals surface area contributed by atoms with Crippen LogP contribution in [0, 0.1) is 0 Å². The minimum Gasteiger partial charge on any atom is -0.507 e. The number of thioether (sulfide) groups is 1. The molecule has 0 aliphatic heterocycles. The average Bonchev–Trinajstić information content (AvgIpc) is 3.12. The number of hydrogen-bond acceptors (Lipinski definition) is 6. The van der Waals surface area contributed by atoms with Crippen LogP contribution in [0.15, 0.2) is 53.4 Å². The molecule has 1 aromatic heterocycles. The monoisotopic (exact) mass is 416 g/mol. The third-order valence-corrected chi connectivity index (χ3v) is 6.32. The maximum atomic E-state index is 12.7. The number of aromatic nitrogens is 3. The predicted molar refractivity (Wildman–Crippen MR) is 112 cm³/mol. The summed E-state index contributed by atoms with van der Waals surface area (Å²) in [4.78, 5) is 5.49. The molecule has 28 heavy (non-hydrogen) atoms. The molecule has 3 aromatic rings. The van der Waals surface area contributed by atoms with Crippen molar-refractivity contribution in [1.82, 2.24) is 18.5 Å². The molecule has 0 saturated carbocycles. The van der Waals surface area contributed by atoms with Crippen molar-refractivity contribution in [2.24, 2.45) is 0 Å². The summed E-state index contributed by atoms with van der Waals surface area (Å²) < 4.78 is 27.2. The van der Waals surface area contributed by atoms with E-state index in [1.54, 1.807) is 42.1 Å². The molecule has 1 heterocycles. The van der Waals surface area contributed by atoms with Crippen LogP contribution in [-0.4, -0.2) is 52.4 Å². The SMILES string of the molecule is CSc1ccc(C=Cc2nc(-c3ccccc3O)n(S(=O)(=O)N(C)C)n2)cc1. The maximum Gasteiger partial charge on any atom is 0.324 e. The first kappa shape index (κ1) is 20.1. The molecule has 0 fully saturated rings. The van der Waals surface area contributed by atoms with Gasteiger partial charge in [0, 0.05) is 19.0 Å². The summed E-state index contributed by atoms with van der Waals surface area (Å²) in [7, 11) is -1.09. The van der Waals surface area contributed by atoms with Gasteiger partial charge in [-0.1, -0.05) is 30.3 Å². The molecule has 1 N–H and O–H groups in total. The molecule has 0 bridgehead atoms. The normalized spacial score (nSPS) is 12.1. The van der Waals surface area contributed by atoms with E-state index in [1.165, 1.54) is 20.2 Å². The van der Waals surface area contributed by atoms with Gasteiger partial charge in [0.05, 0.1) is 5.56 Å². The largest absolute Gasteiger partial charge is 0.507 e. The Hall–Kier alpha value is -2.62. The fourth-order valence-corrected chi connectivity index (χ4v) is 3.67. The van der Waals surface area contributed by atoms with Crippen molar-refractivity contribution in [1.29, 1.82) is 0 Å². The van der Waals surface area contributed by atoms with Crippen molar-refractivity contribution < 1.29 is 13.5 Å². The topological polar surface area (TPSA) is 88.3 Å². The van der Waals surface area contributed by atoms with E-state index in [2.05, 4.69) is 10.1 Å². The highest BCUT2D eigenvalue weighted by Crippen LogP contribution is 2.28. The third-order valence-electron chi connectivity index (χ3n) is 3.96. The Morgan fingerprint density at radius 2 is 1.75 bits per heavy atom. The van der Waals surface area contributed by atoms with E-state index in [-0.39, 0.29) is 23.0 Å². The number of hydrogen-bond donors (Lipinski definition) is 1. The standard InChI is InChI=1S/C19H20N4O3S2/c1-22(2)28(25,26)23-19(16-6-4-5-7-17(16)24)20-18(21-23)13-10-14-8-11-15(27-3)12-9-14/h4-13,24H,1-3H3. The molecule has 0 amide bonds. The van der Waals surface area contributed by atoms with Crippen LogP contribution in [0.4, 0.5) is 0 Å². The van der Waals surface area contributed by atoms with Crippen molar-refractivity contribution in [2.75, 3.05) is 20.4 Å². The Morgan fingerprint density at radius 3 is 2.36 bits per heavy atom. The highest BCUT2D eigenvalue weighted by molar-refractivity contribution is 7.98. The van der Waals surface area contributed by atoms with Gasteiger partial charge in [0.25, 0.3) is 0 Å². The number of rotatable bonds is 6. The quantitative estimate of drug-likeness (QED) is 0.621. The molecule has 0 radical (unpaired) electrons. The smallest absolute Gasteiger partial charge is 0.324 e. The fourth-order valence-electron chi connectivity index (χ4n) is 2.41. The highest BCUT2D eigenvalue weighted by Gasteiger charge is 2.25. The minimum absolute atomic E-state index is 0.0455. The van der Waals surface area contributed by atoms with E-state index < -0.39 is 10.2 Å². The van der Waals surface area contributed by atoms with Crippen molar-refractivity contribution in [3.05, 3.63) is 59.9 Å². The van der Waals surface area contributed by atoms with Crippen molar-refractivity contribution in [2.45, 2.75) is 4.90 Å². The molecule has 0 saturated heterocycles. The molecule has 0 aliphatic carbocycles. The summed E-state index contributed by atoms with van der Waals surface area (Å²) >= 11 is 1.65. The van der Waals surface area contributed by atoms with Crippen LogP contribution in [0.5, 0.6) is 5.75 Å². The van der Waals surface area contributed by atoms with Gasteiger partial charge in [-0.2, -0.15) is 12.7 Å². The Morgan fingerprint density at radius 1 is 1.07 bits per heavy atom. The molecule has 146 valence electrons. The van der Waals surface area contributed by atoms with Crippen LogP contribution in [0.25, 0.3) is 23.5 Å². The first-order valence-electron chi connectivity index (χ1n) is 8.33. The van der Waals surface area contributed by atoms with Gasteiger partial charge in [0.15, 0.2) is 11.6 Å². The lowest BCUT2D eigenvalue weighted by atomic mass is 10.2. The first-order chi connectivity index (χ1) is 13.3. The lowest BCUT2D eigenvalue weighted by Gasteiger charge is -2.12. The van der Waals surface area contributed by atoms with Gasteiger partial charge in [0.2, 0.25) is 0 Å². The van der Waals surface area contributed by atoms with Crippen LogP contribution >= 0.6 is 11.8 Å². The summed E-state index contributed by atoms with van der Waals surface area (Å²) in [5, 5.41) is 14.3. The lowest BCUT2D eigenvalue weighted by molar-refractivity contribution is 0.476. The van der Waals surface area contributed by atoms with Gasteiger partial charge in [0.1, 0.15) is 5.75 Å². The lowest BCUT2D eigenvalue weighted by Crippen LogP contribution is -2.30. The zero-order chi connectivity index (χ0) is 20.3. The second-order valence-electron chi connectivity index (χ2n) is 6.05. The van der Waals surface area contributed by atoms with E-state index >= 15 is 0 Å². The van der Waals surface area contributed by atoms with Gasteiger partial charge < -0.3 is 5.11 Å². The predicted octanol–water partition coefficient (Wildman–Crippen LogP) is 3.20. The van der Waals surface area contributed by atoms with E-state index in [0.29, 0.717) is 0 Å². The summed E-state index contributed by atoms with van der Waals surface area (Å²) in [6.45, 7) is 0. The Bertz CT molecular complexity index is 1100. The molecule has 0 aliphatic rings. The van der Waals surface area contributed by atoms with Crippen molar-refractivity contribution in [3.63, 3.8) is 0 Å². The summed E-state index contributed by atoms with van der Waals surface area (Å²) in [6.07, 6.45) is 5.45. The molecule has 0 spiro atoms. The highest BCUT2D eigenvalue weighted by atomic mass is 32.2. The minimum atomic E-state index is -3.91. The molecule has 9 heteroatoms. The third kappa shape index (κ3) is 4.11. The molecule has 0 unspecified atom stereocenters. The van der Waals surface area contributed by atoms with E-state index in [0.717, 1.165) is 18.9 Å². The van der Waals surface area contributed by atoms with Crippen molar-refractivity contribution >= 4 is 34.1 Å². The number of para-hydroxylation sites is 1. The zero-order valence-electron chi connectivity index (χ0n) is 15.6. The number of phenolic OH excluding ortho intramolecular Hbond substituents is 1. The van der Waals surface area contributed by atoms with Gasteiger partial charge in [-0.3, -0.25) is 0 Å².